The zero-order valence-corrected chi connectivity index (χ0v) is 16.1. The normalized spacial score (nSPS) is 13.2. The van der Waals surface area contributed by atoms with Crippen LogP contribution >= 0.6 is 0 Å². The summed E-state index contributed by atoms with van der Waals surface area (Å²) >= 11 is 0. The number of aliphatic imine (C=N–C) groups is 1. The first-order valence-corrected chi connectivity index (χ1v) is 9.05. The molecule has 0 saturated carbocycles. The average Bonchev–Trinajstić information content (AvgIpc) is 2.80. The first-order valence-electron chi connectivity index (χ1n) is 9.05. The van der Waals surface area contributed by atoms with E-state index in [9.17, 15) is 9.90 Å². The standard InChI is InChI=1S/C21H25N5O2/c1-14-13-23-20(18-12-17(27)8-9-19(18)24-14)15-4-6-16(7-5-15)25-21(28)22-10-11-26(2)3/h4-9,12,24,27H,1,10-11,13H2,2-3H3,(H2,22,25,28). The second-order valence-corrected chi connectivity index (χ2v) is 6.88. The van der Waals surface area contributed by atoms with E-state index < -0.39 is 0 Å². The summed E-state index contributed by atoms with van der Waals surface area (Å²) in [7, 11) is 3.91. The van der Waals surface area contributed by atoms with E-state index in [-0.39, 0.29) is 11.8 Å². The highest BCUT2D eigenvalue weighted by Crippen LogP contribution is 2.28. The van der Waals surface area contributed by atoms with Crippen molar-refractivity contribution >= 4 is 23.1 Å². The number of nitrogens with zero attached hydrogens (tertiary/aromatic N) is 2. The van der Waals surface area contributed by atoms with Crippen LogP contribution in [0.1, 0.15) is 11.1 Å². The lowest BCUT2D eigenvalue weighted by molar-refractivity contribution is 0.250. The molecule has 0 aliphatic carbocycles. The van der Waals surface area contributed by atoms with Gasteiger partial charge < -0.3 is 26.0 Å². The van der Waals surface area contributed by atoms with Crippen LogP contribution in [0.5, 0.6) is 5.75 Å². The molecule has 0 aromatic heterocycles. The lowest BCUT2D eigenvalue weighted by Gasteiger charge is -2.13. The Morgan fingerprint density at radius 2 is 2.00 bits per heavy atom. The molecule has 0 radical (unpaired) electrons. The van der Waals surface area contributed by atoms with Crippen molar-refractivity contribution in [2.75, 3.05) is 44.4 Å². The fourth-order valence-electron chi connectivity index (χ4n) is 2.85. The van der Waals surface area contributed by atoms with Gasteiger partial charge in [0.2, 0.25) is 0 Å². The van der Waals surface area contributed by atoms with Crippen molar-refractivity contribution < 1.29 is 9.90 Å². The van der Waals surface area contributed by atoms with Gasteiger partial charge in [0, 0.05) is 41.3 Å². The number of rotatable bonds is 5. The highest BCUT2D eigenvalue weighted by molar-refractivity contribution is 6.16. The van der Waals surface area contributed by atoms with Crippen molar-refractivity contribution in [1.29, 1.82) is 0 Å². The number of carbonyl (C=O) groups excluding carboxylic acids is 1. The van der Waals surface area contributed by atoms with Crippen LogP contribution in [-0.4, -0.2) is 55.5 Å². The third-order valence-electron chi connectivity index (χ3n) is 4.26. The zero-order valence-electron chi connectivity index (χ0n) is 16.1. The van der Waals surface area contributed by atoms with Gasteiger partial charge in [-0.25, -0.2) is 4.79 Å². The van der Waals surface area contributed by atoms with Crippen LogP contribution in [0.15, 0.2) is 59.7 Å². The SMILES string of the molecule is C=C1CN=C(c2ccc(NC(=O)NCCN(C)C)cc2)c2cc(O)ccc2N1. The molecule has 1 aliphatic rings. The van der Waals surface area contributed by atoms with E-state index in [0.29, 0.717) is 18.8 Å². The summed E-state index contributed by atoms with van der Waals surface area (Å²) in [6.07, 6.45) is 0. The van der Waals surface area contributed by atoms with E-state index in [4.69, 9.17) is 0 Å². The molecule has 0 bridgehead atoms. The van der Waals surface area contributed by atoms with Gasteiger partial charge in [0.05, 0.1) is 12.3 Å². The maximum absolute atomic E-state index is 12.0. The summed E-state index contributed by atoms with van der Waals surface area (Å²) in [5, 5.41) is 18.8. The molecule has 2 aromatic carbocycles. The van der Waals surface area contributed by atoms with Gasteiger partial charge in [-0.2, -0.15) is 0 Å². The number of fused-ring (bicyclic) bond motifs is 1. The third-order valence-corrected chi connectivity index (χ3v) is 4.26. The van der Waals surface area contributed by atoms with Crippen LogP contribution in [0.25, 0.3) is 0 Å². The molecule has 0 fully saturated rings. The molecular weight excluding hydrogens is 354 g/mol. The Bertz CT molecular complexity index is 904. The minimum Gasteiger partial charge on any atom is -0.508 e. The van der Waals surface area contributed by atoms with E-state index in [0.717, 1.165) is 34.8 Å². The molecule has 4 N–H and O–H groups in total. The third kappa shape index (κ3) is 4.89. The molecular formula is C21H25N5O2. The average molecular weight is 379 g/mol. The second kappa shape index (κ2) is 8.58. The molecule has 146 valence electrons. The number of aromatic hydroxyl groups is 1. The number of phenolic OH excluding ortho intramolecular Hbond substituents is 1. The number of benzene rings is 2. The number of phenols is 1. The molecule has 0 spiro atoms. The quantitative estimate of drug-likeness (QED) is 0.602. The number of nitrogens with one attached hydrogen (secondary N) is 3. The molecule has 3 rings (SSSR count). The highest BCUT2D eigenvalue weighted by Gasteiger charge is 2.16. The number of amides is 2. The molecule has 2 aromatic rings. The van der Waals surface area contributed by atoms with E-state index >= 15 is 0 Å². The molecule has 7 nitrogen and oxygen atoms in total. The molecule has 0 saturated heterocycles. The topological polar surface area (TPSA) is 89.0 Å². The summed E-state index contributed by atoms with van der Waals surface area (Å²) in [6, 6.07) is 12.3. The van der Waals surface area contributed by atoms with Crippen LogP contribution in [0.3, 0.4) is 0 Å². The van der Waals surface area contributed by atoms with Crippen molar-refractivity contribution in [1.82, 2.24) is 10.2 Å². The van der Waals surface area contributed by atoms with Gasteiger partial charge in [-0.05, 0) is 44.4 Å². The number of benzodiazepines with no additional fused rings is 1. The second-order valence-electron chi connectivity index (χ2n) is 6.88. The minimum atomic E-state index is -0.239. The van der Waals surface area contributed by atoms with Gasteiger partial charge in [0.1, 0.15) is 5.75 Å². The van der Waals surface area contributed by atoms with Crippen molar-refractivity contribution in [2.45, 2.75) is 0 Å². The van der Waals surface area contributed by atoms with Gasteiger partial charge in [-0.3, -0.25) is 4.99 Å². The zero-order chi connectivity index (χ0) is 20.1. The fourth-order valence-corrected chi connectivity index (χ4v) is 2.85. The molecule has 2 amide bonds. The number of likely N-dealkylation sites (N-methyl/N-ethyl adjacent to an activating group) is 1. The number of carbonyl (C=O) groups is 1. The predicted octanol–water partition coefficient (Wildman–Crippen LogP) is 2.85. The lowest BCUT2D eigenvalue weighted by atomic mass is 10.00. The molecule has 28 heavy (non-hydrogen) atoms. The maximum atomic E-state index is 12.0. The largest absolute Gasteiger partial charge is 0.508 e. The van der Waals surface area contributed by atoms with Crippen molar-refractivity contribution in [3.8, 4) is 5.75 Å². The lowest BCUT2D eigenvalue weighted by Crippen LogP contribution is -2.34. The summed E-state index contributed by atoms with van der Waals surface area (Å²) in [5.74, 6) is 0.174. The van der Waals surface area contributed by atoms with Crippen LogP contribution < -0.4 is 16.0 Å². The Morgan fingerprint density at radius 1 is 1.25 bits per heavy atom. The van der Waals surface area contributed by atoms with Crippen LogP contribution in [0.4, 0.5) is 16.2 Å². The number of hydrogen-bond donors (Lipinski definition) is 4. The van der Waals surface area contributed by atoms with E-state index in [2.05, 4.69) is 27.5 Å². The van der Waals surface area contributed by atoms with Gasteiger partial charge in [0.25, 0.3) is 0 Å². The number of urea groups is 1. The van der Waals surface area contributed by atoms with E-state index in [1.165, 1.54) is 0 Å². The highest BCUT2D eigenvalue weighted by atomic mass is 16.3. The Labute approximate surface area is 164 Å². The van der Waals surface area contributed by atoms with Gasteiger partial charge >= 0.3 is 6.03 Å². The summed E-state index contributed by atoms with van der Waals surface area (Å²) in [4.78, 5) is 18.6. The smallest absolute Gasteiger partial charge is 0.319 e. The monoisotopic (exact) mass is 379 g/mol. The van der Waals surface area contributed by atoms with Crippen molar-refractivity contribution in [2.24, 2.45) is 4.99 Å². The summed E-state index contributed by atoms with van der Waals surface area (Å²) in [6.45, 7) is 5.76. The van der Waals surface area contributed by atoms with Crippen LogP contribution in [0, 0.1) is 0 Å². The summed E-state index contributed by atoms with van der Waals surface area (Å²) in [5.41, 5.74) is 4.79. The van der Waals surface area contributed by atoms with Crippen molar-refractivity contribution in [3.63, 3.8) is 0 Å². The van der Waals surface area contributed by atoms with Crippen molar-refractivity contribution in [3.05, 3.63) is 65.9 Å². The molecule has 7 heteroatoms. The Kier molecular flexibility index (Phi) is 5.96. The van der Waals surface area contributed by atoms with Crippen LogP contribution in [0.2, 0.25) is 0 Å². The number of anilines is 2. The maximum Gasteiger partial charge on any atom is 0.319 e. The first-order chi connectivity index (χ1) is 13.4. The molecule has 1 heterocycles. The summed E-state index contributed by atoms with van der Waals surface area (Å²) < 4.78 is 0. The first kappa shape index (κ1) is 19.4. The molecule has 0 atom stereocenters. The molecule has 0 unspecified atom stereocenters. The Morgan fingerprint density at radius 3 is 2.71 bits per heavy atom. The van der Waals surface area contributed by atoms with Gasteiger partial charge in [0.15, 0.2) is 0 Å². The number of hydrogen-bond acceptors (Lipinski definition) is 5. The predicted molar refractivity (Wildman–Crippen MR) is 113 cm³/mol. The van der Waals surface area contributed by atoms with Gasteiger partial charge in [-0.15, -0.1) is 0 Å². The molecule has 1 aliphatic heterocycles. The van der Waals surface area contributed by atoms with E-state index in [1.54, 1.807) is 12.1 Å². The minimum absolute atomic E-state index is 0.174. The Balaban J connectivity index is 1.75. The van der Waals surface area contributed by atoms with Gasteiger partial charge in [-0.1, -0.05) is 18.7 Å². The van der Waals surface area contributed by atoms with E-state index in [1.807, 2.05) is 49.3 Å². The van der Waals surface area contributed by atoms with Crippen LogP contribution in [-0.2, 0) is 0 Å². The Hall–Kier alpha value is -3.32. The fraction of sp³-hybridized carbons (Fsp3) is 0.238.